The van der Waals surface area contributed by atoms with Crippen LogP contribution in [0.5, 0.6) is 0 Å². The molecule has 0 radical (unpaired) electrons. The van der Waals surface area contributed by atoms with Crippen molar-refractivity contribution < 1.29 is 9.53 Å². The summed E-state index contributed by atoms with van der Waals surface area (Å²) in [5.41, 5.74) is 7.64. The van der Waals surface area contributed by atoms with Crippen molar-refractivity contribution in [1.82, 2.24) is 4.98 Å². The lowest BCUT2D eigenvalue weighted by atomic mass is 9.97. The van der Waals surface area contributed by atoms with Crippen molar-refractivity contribution in [1.29, 1.82) is 0 Å². The van der Waals surface area contributed by atoms with Crippen LogP contribution in [0.3, 0.4) is 0 Å². The van der Waals surface area contributed by atoms with Crippen LogP contribution in [-0.4, -0.2) is 17.7 Å². The molecule has 104 valence electrons. The largest absolute Gasteiger partial charge is 0.446 e. The molecule has 3 rings (SSSR count). The van der Waals surface area contributed by atoms with Crippen LogP contribution < -0.4 is 5.73 Å². The Kier molecular flexibility index (Phi) is 3.62. The highest BCUT2D eigenvalue weighted by atomic mass is 16.5. The Bertz CT molecular complexity index is 785. The molecule has 0 amide bonds. The molecule has 2 N–H and O–H groups in total. The quantitative estimate of drug-likeness (QED) is 0.591. The van der Waals surface area contributed by atoms with E-state index in [0.29, 0.717) is 5.56 Å². The molecule has 0 aliphatic rings. The van der Waals surface area contributed by atoms with Gasteiger partial charge in [-0.15, -0.1) is 0 Å². The van der Waals surface area contributed by atoms with E-state index in [1.54, 1.807) is 12.3 Å². The zero-order valence-corrected chi connectivity index (χ0v) is 11.3. The van der Waals surface area contributed by atoms with Gasteiger partial charge in [0.2, 0.25) is 0 Å². The molecule has 0 atom stereocenters. The Labute approximate surface area is 122 Å². The van der Waals surface area contributed by atoms with Crippen molar-refractivity contribution in [2.24, 2.45) is 5.73 Å². The van der Waals surface area contributed by atoms with Crippen LogP contribution in [0.4, 0.5) is 0 Å². The second-order valence-corrected chi connectivity index (χ2v) is 4.52. The zero-order chi connectivity index (χ0) is 14.7. The fourth-order valence-electron chi connectivity index (χ4n) is 2.38. The molecule has 0 fully saturated rings. The van der Waals surface area contributed by atoms with Gasteiger partial charge in [-0.05, 0) is 29.0 Å². The van der Waals surface area contributed by atoms with Crippen LogP contribution in [0.15, 0.2) is 60.8 Å². The summed E-state index contributed by atoms with van der Waals surface area (Å²) in [5.74, 6) is -0.415. The Morgan fingerprint density at radius 1 is 1.00 bits per heavy atom. The Morgan fingerprint density at radius 2 is 1.76 bits per heavy atom. The maximum absolute atomic E-state index is 12.0. The number of rotatable bonds is 3. The second-order valence-electron chi connectivity index (χ2n) is 4.52. The van der Waals surface area contributed by atoms with Crippen LogP contribution in [-0.2, 0) is 4.74 Å². The number of esters is 1. The van der Waals surface area contributed by atoms with Crippen molar-refractivity contribution in [3.05, 3.63) is 66.4 Å². The van der Waals surface area contributed by atoms with E-state index in [1.807, 2.05) is 48.5 Å². The minimum absolute atomic E-state index is 0.130. The molecule has 0 spiro atoms. The monoisotopic (exact) mass is 278 g/mol. The lowest BCUT2D eigenvalue weighted by molar-refractivity contribution is 0.0518. The molecule has 0 aliphatic carbocycles. The van der Waals surface area contributed by atoms with E-state index >= 15 is 0 Å². The first-order chi connectivity index (χ1) is 10.3. The first kappa shape index (κ1) is 13.3. The van der Waals surface area contributed by atoms with E-state index in [0.717, 1.165) is 22.0 Å². The van der Waals surface area contributed by atoms with Crippen molar-refractivity contribution in [2.45, 2.75) is 0 Å². The highest BCUT2D eigenvalue weighted by molar-refractivity contribution is 6.08. The molecule has 2 aromatic carbocycles. The third-order valence-electron chi connectivity index (χ3n) is 3.30. The van der Waals surface area contributed by atoms with E-state index < -0.39 is 5.97 Å². The van der Waals surface area contributed by atoms with Gasteiger partial charge in [-0.1, -0.05) is 36.4 Å². The van der Waals surface area contributed by atoms with Crippen LogP contribution >= 0.6 is 0 Å². The molecule has 0 saturated carbocycles. The summed E-state index contributed by atoms with van der Waals surface area (Å²) < 4.78 is 4.90. The Hall–Kier alpha value is -2.72. The number of ether oxygens (including phenoxy) is 1. The van der Waals surface area contributed by atoms with Gasteiger partial charge in [-0.25, -0.2) is 4.79 Å². The predicted octanol–water partition coefficient (Wildman–Crippen LogP) is 2.97. The number of hydrogen-bond donors (Lipinski definition) is 1. The average molecular weight is 278 g/mol. The predicted molar refractivity (Wildman–Crippen MR) is 81.6 cm³/mol. The van der Waals surface area contributed by atoms with Gasteiger partial charge in [0.1, 0.15) is 6.73 Å². The van der Waals surface area contributed by atoms with Crippen LogP contribution in [0.25, 0.3) is 22.0 Å². The molecule has 4 nitrogen and oxygen atoms in total. The SMILES string of the molecule is NCOC(=O)c1ccc(-c2ccccn2)c2ccccc12. The lowest BCUT2D eigenvalue weighted by Gasteiger charge is -2.10. The van der Waals surface area contributed by atoms with Gasteiger partial charge < -0.3 is 4.74 Å². The van der Waals surface area contributed by atoms with Gasteiger partial charge in [0.25, 0.3) is 0 Å². The average Bonchev–Trinajstić information content (AvgIpc) is 2.55. The summed E-state index contributed by atoms with van der Waals surface area (Å²) >= 11 is 0. The minimum Gasteiger partial charge on any atom is -0.446 e. The molecule has 21 heavy (non-hydrogen) atoms. The standard InChI is InChI=1S/C17H14N2O2/c18-11-21-17(20)15-9-8-14(16-7-3-4-10-19-16)12-5-1-2-6-13(12)15/h1-10H,11,18H2. The molecule has 1 heterocycles. The van der Waals surface area contributed by atoms with E-state index in [1.165, 1.54) is 0 Å². The molecule has 0 aliphatic heterocycles. The van der Waals surface area contributed by atoms with Gasteiger partial charge in [0.15, 0.2) is 0 Å². The maximum Gasteiger partial charge on any atom is 0.340 e. The van der Waals surface area contributed by atoms with Gasteiger partial charge >= 0.3 is 5.97 Å². The highest BCUT2D eigenvalue weighted by Crippen LogP contribution is 2.29. The van der Waals surface area contributed by atoms with Crippen molar-refractivity contribution in [3.8, 4) is 11.3 Å². The normalized spacial score (nSPS) is 10.5. The molecular formula is C17H14N2O2. The summed E-state index contributed by atoms with van der Waals surface area (Å²) in [7, 11) is 0. The van der Waals surface area contributed by atoms with Crippen LogP contribution in [0.2, 0.25) is 0 Å². The minimum atomic E-state index is -0.415. The van der Waals surface area contributed by atoms with Crippen molar-refractivity contribution in [2.75, 3.05) is 6.73 Å². The smallest absolute Gasteiger partial charge is 0.340 e. The topological polar surface area (TPSA) is 65.2 Å². The molecule has 0 unspecified atom stereocenters. The highest BCUT2D eigenvalue weighted by Gasteiger charge is 2.14. The first-order valence-corrected chi connectivity index (χ1v) is 6.61. The number of nitrogens with two attached hydrogens (primary N) is 1. The molecular weight excluding hydrogens is 264 g/mol. The number of carbonyl (C=O) groups is 1. The number of nitrogens with zero attached hydrogens (tertiary/aromatic N) is 1. The molecule has 0 bridgehead atoms. The molecule has 3 aromatic rings. The molecule has 1 aromatic heterocycles. The summed E-state index contributed by atoms with van der Waals surface area (Å²) in [5, 5.41) is 1.79. The van der Waals surface area contributed by atoms with Gasteiger partial charge in [-0.3, -0.25) is 10.7 Å². The number of aromatic nitrogens is 1. The summed E-state index contributed by atoms with van der Waals surface area (Å²) in [6.45, 7) is -0.130. The summed E-state index contributed by atoms with van der Waals surface area (Å²) in [4.78, 5) is 16.4. The summed E-state index contributed by atoms with van der Waals surface area (Å²) in [6.07, 6.45) is 1.75. The van der Waals surface area contributed by atoms with E-state index in [2.05, 4.69) is 4.98 Å². The Balaban J connectivity index is 2.22. The first-order valence-electron chi connectivity index (χ1n) is 6.61. The third kappa shape index (κ3) is 2.49. The van der Waals surface area contributed by atoms with E-state index in [4.69, 9.17) is 10.5 Å². The second kappa shape index (κ2) is 5.73. The fraction of sp³-hybridized carbons (Fsp3) is 0.0588. The van der Waals surface area contributed by atoms with Crippen molar-refractivity contribution >= 4 is 16.7 Å². The number of benzene rings is 2. The van der Waals surface area contributed by atoms with Gasteiger partial charge in [-0.2, -0.15) is 0 Å². The van der Waals surface area contributed by atoms with E-state index in [9.17, 15) is 4.79 Å². The zero-order valence-electron chi connectivity index (χ0n) is 11.3. The maximum atomic E-state index is 12.0. The van der Waals surface area contributed by atoms with Crippen LogP contribution in [0.1, 0.15) is 10.4 Å². The van der Waals surface area contributed by atoms with Crippen LogP contribution in [0, 0.1) is 0 Å². The molecule has 0 saturated heterocycles. The van der Waals surface area contributed by atoms with E-state index in [-0.39, 0.29) is 6.73 Å². The fourth-order valence-corrected chi connectivity index (χ4v) is 2.38. The van der Waals surface area contributed by atoms with Gasteiger partial charge in [0, 0.05) is 11.8 Å². The molecule has 4 heteroatoms. The third-order valence-corrected chi connectivity index (χ3v) is 3.30. The lowest BCUT2D eigenvalue weighted by Crippen LogP contribution is -2.12. The van der Waals surface area contributed by atoms with Gasteiger partial charge in [0.05, 0.1) is 11.3 Å². The number of pyridine rings is 1. The van der Waals surface area contributed by atoms with Crippen molar-refractivity contribution in [3.63, 3.8) is 0 Å². The Morgan fingerprint density at radius 3 is 2.48 bits per heavy atom. The number of carbonyl (C=O) groups excluding carboxylic acids is 1. The summed E-state index contributed by atoms with van der Waals surface area (Å²) in [6, 6.07) is 17.1. The number of fused-ring (bicyclic) bond motifs is 1. The number of hydrogen-bond acceptors (Lipinski definition) is 4.